The fourth-order valence-corrected chi connectivity index (χ4v) is 1.46. The van der Waals surface area contributed by atoms with E-state index in [2.05, 4.69) is 5.48 Å². The zero-order valence-corrected chi connectivity index (χ0v) is 10.6. The van der Waals surface area contributed by atoms with Gasteiger partial charge < -0.3 is 4.74 Å². The minimum Gasteiger partial charge on any atom is -0.382 e. The summed E-state index contributed by atoms with van der Waals surface area (Å²) < 4.78 is 4.80. The van der Waals surface area contributed by atoms with Gasteiger partial charge in [0.2, 0.25) is 5.91 Å². The van der Waals surface area contributed by atoms with E-state index in [1.165, 1.54) is 0 Å². The van der Waals surface area contributed by atoms with Crippen LogP contribution in [0.2, 0.25) is 0 Å². The maximum absolute atomic E-state index is 11.6. The average molecular weight is 237 g/mol. The third kappa shape index (κ3) is 4.97. The van der Waals surface area contributed by atoms with Gasteiger partial charge in [-0.25, -0.2) is 5.48 Å². The summed E-state index contributed by atoms with van der Waals surface area (Å²) in [4.78, 5) is 16.5. The van der Waals surface area contributed by atoms with Gasteiger partial charge >= 0.3 is 0 Å². The molecule has 0 aliphatic carbocycles. The van der Waals surface area contributed by atoms with Crippen molar-refractivity contribution in [2.45, 2.75) is 20.3 Å². The van der Waals surface area contributed by atoms with E-state index < -0.39 is 0 Å². The molecule has 0 saturated heterocycles. The molecule has 94 valence electrons. The molecular weight excluding hydrogens is 218 g/mol. The van der Waals surface area contributed by atoms with Crippen LogP contribution in [0.5, 0.6) is 0 Å². The number of carbonyl (C=O) groups excluding carboxylic acids is 1. The topological polar surface area (TPSA) is 47.6 Å². The lowest BCUT2D eigenvalue weighted by Crippen LogP contribution is -2.27. The molecule has 1 aromatic rings. The Hall–Kier alpha value is -1.39. The van der Waals surface area contributed by atoms with Crippen molar-refractivity contribution in [3.05, 3.63) is 34.9 Å². The first-order chi connectivity index (χ1) is 8.13. The van der Waals surface area contributed by atoms with Crippen LogP contribution in [0.25, 0.3) is 0 Å². The van der Waals surface area contributed by atoms with Gasteiger partial charge in [0.1, 0.15) is 0 Å². The Morgan fingerprint density at radius 3 is 2.76 bits per heavy atom. The van der Waals surface area contributed by atoms with Crippen molar-refractivity contribution in [3.63, 3.8) is 0 Å². The van der Waals surface area contributed by atoms with Gasteiger partial charge in [-0.05, 0) is 25.0 Å². The zero-order valence-electron chi connectivity index (χ0n) is 10.6. The number of ether oxygens (including phenoxy) is 1. The Bertz CT molecular complexity index is 377. The average Bonchev–Trinajstić information content (AvgIpc) is 2.29. The Morgan fingerprint density at radius 2 is 2.06 bits per heavy atom. The van der Waals surface area contributed by atoms with Gasteiger partial charge in [0.05, 0.1) is 19.6 Å². The molecule has 0 radical (unpaired) electrons. The molecule has 1 N–H and O–H groups in total. The Labute approximate surface area is 102 Å². The minimum absolute atomic E-state index is 0.144. The number of methoxy groups -OCH3 is 1. The minimum atomic E-state index is -0.144. The molecule has 0 heterocycles. The summed E-state index contributed by atoms with van der Waals surface area (Å²) >= 11 is 0. The van der Waals surface area contributed by atoms with Gasteiger partial charge in [-0.1, -0.05) is 23.8 Å². The summed E-state index contributed by atoms with van der Waals surface area (Å²) in [5.41, 5.74) is 5.68. The summed E-state index contributed by atoms with van der Waals surface area (Å²) in [6, 6.07) is 6.07. The number of aryl methyl sites for hydroxylation is 2. The highest BCUT2D eigenvalue weighted by Crippen LogP contribution is 2.11. The van der Waals surface area contributed by atoms with Crippen molar-refractivity contribution in [3.8, 4) is 0 Å². The van der Waals surface area contributed by atoms with Crippen molar-refractivity contribution >= 4 is 5.91 Å². The first-order valence-electron chi connectivity index (χ1n) is 5.59. The van der Waals surface area contributed by atoms with Crippen molar-refractivity contribution in [2.75, 3.05) is 20.3 Å². The zero-order chi connectivity index (χ0) is 12.7. The number of benzene rings is 1. The SMILES string of the molecule is COCCONC(=O)Cc1cc(C)ccc1C. The smallest absolute Gasteiger partial charge is 0.247 e. The second-order valence-corrected chi connectivity index (χ2v) is 3.97. The van der Waals surface area contributed by atoms with Crippen LogP contribution >= 0.6 is 0 Å². The highest BCUT2D eigenvalue weighted by Gasteiger charge is 2.06. The van der Waals surface area contributed by atoms with Crippen LogP contribution in [0.3, 0.4) is 0 Å². The fourth-order valence-electron chi connectivity index (χ4n) is 1.46. The number of rotatable bonds is 6. The van der Waals surface area contributed by atoms with Crippen LogP contribution in [0.4, 0.5) is 0 Å². The number of nitrogens with one attached hydrogen (secondary N) is 1. The summed E-state index contributed by atoms with van der Waals surface area (Å²) in [7, 11) is 1.58. The largest absolute Gasteiger partial charge is 0.382 e. The number of hydrogen-bond donors (Lipinski definition) is 1. The molecule has 4 nitrogen and oxygen atoms in total. The van der Waals surface area contributed by atoms with E-state index in [1.54, 1.807) is 7.11 Å². The van der Waals surface area contributed by atoms with Gasteiger partial charge in [-0.3, -0.25) is 9.63 Å². The van der Waals surface area contributed by atoms with Gasteiger partial charge in [-0.15, -0.1) is 0 Å². The summed E-state index contributed by atoms with van der Waals surface area (Å²) in [6.07, 6.45) is 0.334. The predicted octanol–water partition coefficient (Wildman–Crippen LogP) is 1.54. The van der Waals surface area contributed by atoms with Gasteiger partial charge in [-0.2, -0.15) is 0 Å². The maximum atomic E-state index is 11.6. The third-order valence-corrected chi connectivity index (χ3v) is 2.43. The second-order valence-electron chi connectivity index (χ2n) is 3.97. The maximum Gasteiger partial charge on any atom is 0.247 e. The summed E-state index contributed by atoms with van der Waals surface area (Å²) in [5, 5.41) is 0. The van der Waals surface area contributed by atoms with E-state index in [9.17, 15) is 4.79 Å². The lowest BCUT2D eigenvalue weighted by molar-refractivity contribution is -0.133. The molecule has 0 saturated carbocycles. The second kappa shape index (κ2) is 7.04. The lowest BCUT2D eigenvalue weighted by atomic mass is 10.0. The van der Waals surface area contributed by atoms with Crippen molar-refractivity contribution in [1.29, 1.82) is 0 Å². The van der Waals surface area contributed by atoms with Crippen LogP contribution in [-0.4, -0.2) is 26.2 Å². The van der Waals surface area contributed by atoms with Gasteiger partial charge in [0.15, 0.2) is 0 Å². The van der Waals surface area contributed by atoms with E-state index in [4.69, 9.17) is 9.57 Å². The Balaban J connectivity index is 2.42. The molecule has 0 aromatic heterocycles. The van der Waals surface area contributed by atoms with Crippen LogP contribution in [-0.2, 0) is 20.8 Å². The molecule has 1 rings (SSSR count). The molecule has 4 heteroatoms. The molecule has 1 aromatic carbocycles. The molecule has 0 fully saturated rings. The quantitative estimate of drug-likeness (QED) is 0.603. The normalized spacial score (nSPS) is 10.3. The fraction of sp³-hybridized carbons (Fsp3) is 0.462. The molecule has 1 amide bonds. The molecule has 0 atom stereocenters. The number of hydroxylamine groups is 1. The number of amides is 1. The van der Waals surface area contributed by atoms with Gasteiger partial charge in [0.25, 0.3) is 0 Å². The summed E-state index contributed by atoms with van der Waals surface area (Å²) in [5.74, 6) is -0.144. The molecule has 0 aliphatic heterocycles. The van der Waals surface area contributed by atoms with E-state index in [-0.39, 0.29) is 5.91 Å². The Kier molecular flexibility index (Phi) is 5.66. The molecule has 0 unspecified atom stereocenters. The van der Waals surface area contributed by atoms with E-state index >= 15 is 0 Å². The molecule has 17 heavy (non-hydrogen) atoms. The molecule has 0 bridgehead atoms. The Morgan fingerprint density at radius 1 is 1.29 bits per heavy atom. The monoisotopic (exact) mass is 237 g/mol. The van der Waals surface area contributed by atoms with Crippen LogP contribution < -0.4 is 5.48 Å². The van der Waals surface area contributed by atoms with E-state index in [0.29, 0.717) is 19.6 Å². The van der Waals surface area contributed by atoms with Crippen LogP contribution in [0.15, 0.2) is 18.2 Å². The highest BCUT2D eigenvalue weighted by molar-refractivity contribution is 5.77. The van der Waals surface area contributed by atoms with Crippen molar-refractivity contribution in [2.24, 2.45) is 0 Å². The van der Waals surface area contributed by atoms with E-state index in [1.807, 2.05) is 32.0 Å². The van der Waals surface area contributed by atoms with E-state index in [0.717, 1.165) is 16.7 Å². The predicted molar refractivity (Wildman–Crippen MR) is 65.6 cm³/mol. The van der Waals surface area contributed by atoms with Crippen molar-refractivity contribution < 1.29 is 14.4 Å². The first-order valence-corrected chi connectivity index (χ1v) is 5.59. The first kappa shape index (κ1) is 13.7. The molecule has 0 aliphatic rings. The lowest BCUT2D eigenvalue weighted by Gasteiger charge is -2.08. The summed E-state index contributed by atoms with van der Waals surface area (Å²) in [6.45, 7) is 4.82. The highest BCUT2D eigenvalue weighted by atomic mass is 16.7. The number of hydrogen-bond acceptors (Lipinski definition) is 3. The number of carbonyl (C=O) groups is 1. The standard InChI is InChI=1S/C13H19NO3/c1-10-4-5-11(2)12(8-10)9-13(15)14-17-7-6-16-3/h4-5,8H,6-7,9H2,1-3H3,(H,14,15). The third-order valence-electron chi connectivity index (χ3n) is 2.43. The van der Waals surface area contributed by atoms with Gasteiger partial charge in [0, 0.05) is 7.11 Å². The van der Waals surface area contributed by atoms with Crippen LogP contribution in [0, 0.1) is 13.8 Å². The molecular formula is C13H19NO3. The molecule has 0 spiro atoms. The van der Waals surface area contributed by atoms with Crippen LogP contribution in [0.1, 0.15) is 16.7 Å². The van der Waals surface area contributed by atoms with Crippen molar-refractivity contribution in [1.82, 2.24) is 5.48 Å².